The molecule has 0 atom stereocenters. The Bertz CT molecular complexity index is 443. The molecule has 0 aliphatic heterocycles. The molecule has 0 bridgehead atoms. The van der Waals surface area contributed by atoms with E-state index in [9.17, 15) is 9.59 Å². The second-order valence-corrected chi connectivity index (χ2v) is 4.96. The van der Waals surface area contributed by atoms with Gasteiger partial charge in [0, 0.05) is 17.8 Å². The molecule has 0 aromatic heterocycles. The molecule has 0 spiro atoms. The van der Waals surface area contributed by atoms with Crippen LogP contribution in [0.5, 0.6) is 0 Å². The molecule has 5 nitrogen and oxygen atoms in total. The molecule has 0 heterocycles. The van der Waals surface area contributed by atoms with Crippen molar-refractivity contribution in [1.82, 2.24) is 5.32 Å². The summed E-state index contributed by atoms with van der Waals surface area (Å²) in [7, 11) is 0. The van der Waals surface area contributed by atoms with Gasteiger partial charge in [-0.3, -0.25) is 9.69 Å². The van der Waals surface area contributed by atoms with E-state index in [0.29, 0.717) is 6.54 Å². The maximum atomic E-state index is 12.2. The van der Waals surface area contributed by atoms with Gasteiger partial charge < -0.3 is 10.4 Å². The van der Waals surface area contributed by atoms with Crippen LogP contribution in [0.2, 0.25) is 0 Å². The molecule has 0 radical (unpaired) electrons. The standard InChI is InChI=1S/C14H20N2O3/c1-4-16(11-8-6-5-7-9-11)13(19)15-14(2,3)10-12(17)18/h5-9H,4,10H2,1-3H3,(H,15,19)(H,17,18). The number of hydrogen-bond donors (Lipinski definition) is 2. The number of amides is 2. The third kappa shape index (κ3) is 4.62. The molecule has 0 aliphatic carbocycles. The predicted molar refractivity (Wildman–Crippen MR) is 74.3 cm³/mol. The average Bonchev–Trinajstić information content (AvgIpc) is 2.28. The Kier molecular flexibility index (Phi) is 4.92. The van der Waals surface area contributed by atoms with Crippen LogP contribution in [0.4, 0.5) is 10.5 Å². The first-order chi connectivity index (χ1) is 8.85. The van der Waals surface area contributed by atoms with E-state index in [1.165, 1.54) is 0 Å². The monoisotopic (exact) mass is 264 g/mol. The fourth-order valence-electron chi connectivity index (χ4n) is 1.83. The van der Waals surface area contributed by atoms with E-state index < -0.39 is 11.5 Å². The molecular weight excluding hydrogens is 244 g/mol. The van der Waals surface area contributed by atoms with Gasteiger partial charge in [0.1, 0.15) is 0 Å². The van der Waals surface area contributed by atoms with Crippen LogP contribution in [0.25, 0.3) is 0 Å². The highest BCUT2D eigenvalue weighted by Crippen LogP contribution is 2.15. The number of anilines is 1. The molecule has 0 aliphatic rings. The number of carboxylic acid groups (broad SMARTS) is 1. The molecule has 1 aromatic rings. The Morgan fingerprint density at radius 2 is 1.84 bits per heavy atom. The molecule has 1 rings (SSSR count). The number of carbonyl (C=O) groups is 2. The largest absolute Gasteiger partial charge is 0.481 e. The van der Waals surface area contributed by atoms with Crippen molar-refractivity contribution in [2.24, 2.45) is 0 Å². The van der Waals surface area contributed by atoms with Gasteiger partial charge in [0.2, 0.25) is 0 Å². The van der Waals surface area contributed by atoms with E-state index in [1.54, 1.807) is 18.7 Å². The van der Waals surface area contributed by atoms with Crippen molar-refractivity contribution < 1.29 is 14.7 Å². The minimum atomic E-state index is -0.937. The Labute approximate surface area is 113 Å². The normalized spacial score (nSPS) is 10.9. The zero-order valence-electron chi connectivity index (χ0n) is 11.5. The number of nitrogens with one attached hydrogen (secondary N) is 1. The van der Waals surface area contributed by atoms with Gasteiger partial charge in [0.05, 0.1) is 6.42 Å². The smallest absolute Gasteiger partial charge is 0.322 e. The second kappa shape index (κ2) is 6.22. The van der Waals surface area contributed by atoms with E-state index in [-0.39, 0.29) is 12.5 Å². The van der Waals surface area contributed by atoms with Crippen LogP contribution in [0.15, 0.2) is 30.3 Å². The van der Waals surface area contributed by atoms with Crippen molar-refractivity contribution in [3.63, 3.8) is 0 Å². The molecule has 0 saturated heterocycles. The zero-order valence-corrected chi connectivity index (χ0v) is 11.5. The van der Waals surface area contributed by atoms with Crippen molar-refractivity contribution >= 4 is 17.7 Å². The summed E-state index contributed by atoms with van der Waals surface area (Å²) >= 11 is 0. The van der Waals surface area contributed by atoms with Gasteiger partial charge in [-0.1, -0.05) is 18.2 Å². The summed E-state index contributed by atoms with van der Waals surface area (Å²) in [5, 5.41) is 11.6. The number of nitrogens with zero attached hydrogens (tertiary/aromatic N) is 1. The SMILES string of the molecule is CCN(C(=O)NC(C)(C)CC(=O)O)c1ccccc1. The van der Waals surface area contributed by atoms with Crippen molar-refractivity contribution in [3.8, 4) is 0 Å². The lowest BCUT2D eigenvalue weighted by Crippen LogP contribution is -2.51. The highest BCUT2D eigenvalue weighted by atomic mass is 16.4. The first kappa shape index (κ1) is 15.0. The fraction of sp³-hybridized carbons (Fsp3) is 0.429. The molecule has 0 saturated carbocycles. The number of carboxylic acids is 1. The van der Waals surface area contributed by atoms with Crippen LogP contribution in [0.1, 0.15) is 27.2 Å². The van der Waals surface area contributed by atoms with Crippen LogP contribution in [0, 0.1) is 0 Å². The van der Waals surface area contributed by atoms with Gasteiger partial charge >= 0.3 is 12.0 Å². The topological polar surface area (TPSA) is 69.6 Å². The minimum Gasteiger partial charge on any atom is -0.481 e. The van der Waals surface area contributed by atoms with Gasteiger partial charge in [0.15, 0.2) is 0 Å². The van der Waals surface area contributed by atoms with Crippen molar-refractivity contribution in [2.75, 3.05) is 11.4 Å². The van der Waals surface area contributed by atoms with Crippen LogP contribution in [0.3, 0.4) is 0 Å². The average molecular weight is 264 g/mol. The van der Waals surface area contributed by atoms with Gasteiger partial charge in [-0.2, -0.15) is 0 Å². The number of rotatable bonds is 5. The maximum Gasteiger partial charge on any atom is 0.322 e. The fourth-order valence-corrected chi connectivity index (χ4v) is 1.83. The van der Waals surface area contributed by atoms with Crippen molar-refractivity contribution in [3.05, 3.63) is 30.3 Å². The number of benzene rings is 1. The molecular formula is C14H20N2O3. The predicted octanol–water partition coefficient (Wildman–Crippen LogP) is 2.48. The minimum absolute atomic E-state index is 0.120. The van der Waals surface area contributed by atoms with Gasteiger partial charge in [0.25, 0.3) is 0 Å². The van der Waals surface area contributed by atoms with Crippen molar-refractivity contribution in [1.29, 1.82) is 0 Å². The number of para-hydroxylation sites is 1. The third-order valence-electron chi connectivity index (χ3n) is 2.67. The van der Waals surface area contributed by atoms with Gasteiger partial charge in [-0.05, 0) is 32.9 Å². The molecule has 0 fully saturated rings. The number of hydrogen-bond acceptors (Lipinski definition) is 2. The summed E-state index contributed by atoms with van der Waals surface area (Å²) in [6.07, 6.45) is -0.120. The Balaban J connectivity index is 2.78. The van der Waals surface area contributed by atoms with Crippen molar-refractivity contribution in [2.45, 2.75) is 32.7 Å². The summed E-state index contributed by atoms with van der Waals surface area (Å²) in [4.78, 5) is 24.5. The van der Waals surface area contributed by atoms with Crippen LogP contribution in [-0.4, -0.2) is 29.2 Å². The number of aliphatic carboxylic acids is 1. The highest BCUT2D eigenvalue weighted by molar-refractivity contribution is 5.92. The van der Waals surface area contributed by atoms with Gasteiger partial charge in [-0.15, -0.1) is 0 Å². The highest BCUT2D eigenvalue weighted by Gasteiger charge is 2.26. The summed E-state index contributed by atoms with van der Waals surface area (Å²) < 4.78 is 0. The second-order valence-electron chi connectivity index (χ2n) is 4.96. The molecule has 5 heteroatoms. The first-order valence-corrected chi connectivity index (χ1v) is 6.22. The Morgan fingerprint density at radius 3 is 2.32 bits per heavy atom. The summed E-state index contributed by atoms with van der Waals surface area (Å²) in [5.41, 5.74) is -0.000826. The van der Waals surface area contributed by atoms with E-state index in [2.05, 4.69) is 5.32 Å². The lowest BCUT2D eigenvalue weighted by molar-refractivity contribution is -0.138. The molecule has 2 amide bonds. The Hall–Kier alpha value is -2.04. The molecule has 0 unspecified atom stereocenters. The quantitative estimate of drug-likeness (QED) is 0.858. The third-order valence-corrected chi connectivity index (χ3v) is 2.67. The maximum absolute atomic E-state index is 12.2. The Morgan fingerprint density at radius 1 is 1.26 bits per heavy atom. The molecule has 104 valence electrons. The molecule has 19 heavy (non-hydrogen) atoms. The molecule has 1 aromatic carbocycles. The lowest BCUT2D eigenvalue weighted by Gasteiger charge is -2.29. The summed E-state index contributed by atoms with van der Waals surface area (Å²) in [5.74, 6) is -0.937. The van der Waals surface area contributed by atoms with Crippen LogP contribution >= 0.6 is 0 Å². The number of urea groups is 1. The summed E-state index contributed by atoms with van der Waals surface area (Å²) in [6, 6.07) is 8.98. The van der Waals surface area contributed by atoms with Crippen LogP contribution < -0.4 is 10.2 Å². The van der Waals surface area contributed by atoms with Gasteiger partial charge in [-0.25, -0.2) is 4.79 Å². The summed E-state index contributed by atoms with van der Waals surface area (Å²) in [6.45, 7) is 5.77. The first-order valence-electron chi connectivity index (χ1n) is 6.22. The molecule has 2 N–H and O–H groups in total. The van der Waals surface area contributed by atoms with E-state index in [1.807, 2.05) is 37.3 Å². The number of carbonyl (C=O) groups excluding carboxylic acids is 1. The van der Waals surface area contributed by atoms with E-state index in [0.717, 1.165) is 5.69 Å². The van der Waals surface area contributed by atoms with E-state index >= 15 is 0 Å². The lowest BCUT2D eigenvalue weighted by atomic mass is 10.0. The zero-order chi connectivity index (χ0) is 14.5. The van der Waals surface area contributed by atoms with Crippen LogP contribution in [-0.2, 0) is 4.79 Å². The van der Waals surface area contributed by atoms with E-state index in [4.69, 9.17) is 5.11 Å².